The van der Waals surface area contributed by atoms with Crippen LogP contribution < -0.4 is 5.32 Å². The molecule has 0 atom stereocenters. The normalized spacial score (nSPS) is 15.4. The number of benzene rings is 2. The van der Waals surface area contributed by atoms with Crippen molar-refractivity contribution in [3.8, 4) is 0 Å². The van der Waals surface area contributed by atoms with E-state index in [1.54, 1.807) is 0 Å². The lowest BCUT2D eigenvalue weighted by atomic mass is 9.95. The molecule has 3 rings (SSSR count). The average molecular weight is 379 g/mol. The van der Waals surface area contributed by atoms with E-state index in [9.17, 15) is 4.79 Å². The van der Waals surface area contributed by atoms with E-state index in [0.29, 0.717) is 6.54 Å². The third kappa shape index (κ3) is 3.36. The summed E-state index contributed by atoms with van der Waals surface area (Å²) in [6.45, 7) is 0.652. The van der Waals surface area contributed by atoms with Gasteiger partial charge >= 0.3 is 0 Å². The fourth-order valence-corrected chi connectivity index (χ4v) is 3.07. The SMILES string of the molecule is O=C(NCCc1ccc(Cl)cc1)C1(c2ccc(Br)cc2)CC1. The predicted octanol–water partition coefficient (Wildman–Crippen LogP) is 4.49. The molecule has 0 saturated heterocycles. The first-order valence-electron chi connectivity index (χ1n) is 7.39. The lowest BCUT2D eigenvalue weighted by Crippen LogP contribution is -2.35. The van der Waals surface area contributed by atoms with E-state index in [-0.39, 0.29) is 11.3 Å². The van der Waals surface area contributed by atoms with Gasteiger partial charge in [0.2, 0.25) is 5.91 Å². The monoisotopic (exact) mass is 377 g/mol. The van der Waals surface area contributed by atoms with E-state index in [2.05, 4.69) is 21.2 Å². The van der Waals surface area contributed by atoms with E-state index in [4.69, 9.17) is 11.6 Å². The molecule has 0 unspecified atom stereocenters. The summed E-state index contributed by atoms with van der Waals surface area (Å²) in [6, 6.07) is 15.8. The molecule has 0 spiro atoms. The maximum absolute atomic E-state index is 12.5. The molecule has 2 nitrogen and oxygen atoms in total. The second-order valence-electron chi connectivity index (χ2n) is 5.72. The van der Waals surface area contributed by atoms with Gasteiger partial charge in [-0.2, -0.15) is 0 Å². The van der Waals surface area contributed by atoms with Crippen molar-refractivity contribution in [2.75, 3.05) is 6.54 Å². The highest BCUT2D eigenvalue weighted by Gasteiger charge is 2.50. The van der Waals surface area contributed by atoms with E-state index in [1.165, 1.54) is 5.56 Å². The summed E-state index contributed by atoms with van der Waals surface area (Å²) in [6.07, 6.45) is 2.68. The summed E-state index contributed by atoms with van der Waals surface area (Å²) in [4.78, 5) is 12.5. The molecule has 1 fully saturated rings. The summed E-state index contributed by atoms with van der Waals surface area (Å²) in [5.41, 5.74) is 1.98. The van der Waals surface area contributed by atoms with E-state index in [1.807, 2.05) is 48.5 Å². The molecule has 0 aromatic heterocycles. The van der Waals surface area contributed by atoms with Gasteiger partial charge in [0.05, 0.1) is 5.41 Å². The lowest BCUT2D eigenvalue weighted by Gasteiger charge is -2.16. The van der Waals surface area contributed by atoms with E-state index in [0.717, 1.165) is 34.3 Å². The number of nitrogens with one attached hydrogen (secondary N) is 1. The number of carbonyl (C=O) groups excluding carboxylic acids is 1. The maximum atomic E-state index is 12.5. The van der Waals surface area contributed by atoms with Crippen LogP contribution >= 0.6 is 27.5 Å². The molecule has 0 heterocycles. The van der Waals surface area contributed by atoms with Crippen LogP contribution in [0.5, 0.6) is 0 Å². The largest absolute Gasteiger partial charge is 0.355 e. The Morgan fingerprint density at radius 2 is 1.73 bits per heavy atom. The highest BCUT2D eigenvalue weighted by atomic mass is 79.9. The summed E-state index contributed by atoms with van der Waals surface area (Å²) in [5, 5.41) is 3.81. The van der Waals surface area contributed by atoms with Crippen LogP contribution in [0.4, 0.5) is 0 Å². The van der Waals surface area contributed by atoms with Gasteiger partial charge in [0.25, 0.3) is 0 Å². The van der Waals surface area contributed by atoms with Crippen molar-refractivity contribution >= 4 is 33.4 Å². The van der Waals surface area contributed by atoms with Crippen LogP contribution in [-0.4, -0.2) is 12.5 Å². The minimum atomic E-state index is -0.305. The highest BCUT2D eigenvalue weighted by molar-refractivity contribution is 9.10. The summed E-state index contributed by atoms with van der Waals surface area (Å²) < 4.78 is 1.04. The Labute approximate surface area is 144 Å². The summed E-state index contributed by atoms with van der Waals surface area (Å²) in [5.74, 6) is 0.142. The molecule has 0 radical (unpaired) electrons. The molecule has 4 heteroatoms. The van der Waals surface area contributed by atoms with E-state index >= 15 is 0 Å². The summed E-state index contributed by atoms with van der Waals surface area (Å²) >= 11 is 9.30. The minimum absolute atomic E-state index is 0.142. The molecule has 114 valence electrons. The van der Waals surface area contributed by atoms with Crippen LogP contribution in [0.3, 0.4) is 0 Å². The smallest absolute Gasteiger partial charge is 0.230 e. The zero-order chi connectivity index (χ0) is 15.6. The van der Waals surface area contributed by atoms with Crippen LogP contribution in [0.2, 0.25) is 5.02 Å². The zero-order valence-electron chi connectivity index (χ0n) is 12.1. The van der Waals surface area contributed by atoms with Gasteiger partial charge in [-0.05, 0) is 54.7 Å². The zero-order valence-corrected chi connectivity index (χ0v) is 14.5. The molecule has 0 bridgehead atoms. The van der Waals surface area contributed by atoms with Gasteiger partial charge in [-0.3, -0.25) is 4.79 Å². The molecule has 1 saturated carbocycles. The fourth-order valence-electron chi connectivity index (χ4n) is 2.68. The number of hydrogen-bond acceptors (Lipinski definition) is 1. The Morgan fingerprint density at radius 1 is 1.09 bits per heavy atom. The van der Waals surface area contributed by atoms with Gasteiger partial charge in [0.1, 0.15) is 0 Å². The fraction of sp³-hybridized carbons (Fsp3) is 0.278. The Bertz CT molecular complexity index is 662. The lowest BCUT2D eigenvalue weighted by molar-refractivity contribution is -0.123. The van der Waals surface area contributed by atoms with Crippen molar-refractivity contribution in [3.63, 3.8) is 0 Å². The van der Waals surface area contributed by atoms with Crippen LogP contribution in [-0.2, 0) is 16.6 Å². The van der Waals surface area contributed by atoms with Gasteiger partial charge in [-0.1, -0.05) is 51.8 Å². The maximum Gasteiger partial charge on any atom is 0.230 e. The van der Waals surface area contributed by atoms with Crippen molar-refractivity contribution in [3.05, 3.63) is 69.2 Å². The molecule has 2 aromatic rings. The van der Waals surface area contributed by atoms with Crippen LogP contribution in [0.15, 0.2) is 53.0 Å². The van der Waals surface area contributed by atoms with Crippen LogP contribution in [0.25, 0.3) is 0 Å². The standard InChI is InChI=1S/C18H17BrClNO/c19-15-5-3-14(4-6-15)18(10-11-18)17(22)21-12-9-13-1-7-16(20)8-2-13/h1-8H,9-12H2,(H,21,22). The van der Waals surface area contributed by atoms with Crippen molar-refractivity contribution in [2.45, 2.75) is 24.7 Å². The Hall–Kier alpha value is -1.32. The topological polar surface area (TPSA) is 29.1 Å². The molecule has 1 aliphatic carbocycles. The first-order valence-corrected chi connectivity index (χ1v) is 8.56. The molecule has 0 aliphatic heterocycles. The average Bonchev–Trinajstić information content (AvgIpc) is 3.32. The first kappa shape index (κ1) is 15.6. The molecular weight excluding hydrogens is 362 g/mol. The molecule has 1 aliphatic rings. The number of halogens is 2. The second kappa shape index (κ2) is 6.43. The van der Waals surface area contributed by atoms with Gasteiger partial charge in [0.15, 0.2) is 0 Å². The molecular formula is C18H17BrClNO. The first-order chi connectivity index (χ1) is 10.6. The van der Waals surface area contributed by atoms with Crippen LogP contribution in [0, 0.1) is 0 Å². The minimum Gasteiger partial charge on any atom is -0.355 e. The molecule has 1 N–H and O–H groups in total. The van der Waals surface area contributed by atoms with Gasteiger partial charge in [0, 0.05) is 16.0 Å². The Kier molecular flexibility index (Phi) is 4.55. The van der Waals surface area contributed by atoms with Gasteiger partial charge in [-0.15, -0.1) is 0 Å². The Morgan fingerprint density at radius 3 is 2.32 bits per heavy atom. The third-order valence-corrected chi connectivity index (χ3v) is 4.97. The number of amides is 1. The quantitative estimate of drug-likeness (QED) is 0.816. The van der Waals surface area contributed by atoms with Crippen molar-refractivity contribution in [1.29, 1.82) is 0 Å². The van der Waals surface area contributed by atoms with Crippen molar-refractivity contribution in [2.24, 2.45) is 0 Å². The van der Waals surface area contributed by atoms with Gasteiger partial charge < -0.3 is 5.32 Å². The number of hydrogen-bond donors (Lipinski definition) is 1. The Balaban J connectivity index is 1.57. The summed E-state index contributed by atoms with van der Waals surface area (Å²) in [7, 11) is 0. The van der Waals surface area contributed by atoms with E-state index < -0.39 is 0 Å². The van der Waals surface area contributed by atoms with Crippen molar-refractivity contribution < 1.29 is 4.79 Å². The second-order valence-corrected chi connectivity index (χ2v) is 7.07. The van der Waals surface area contributed by atoms with Gasteiger partial charge in [-0.25, -0.2) is 0 Å². The molecule has 1 amide bonds. The molecule has 22 heavy (non-hydrogen) atoms. The van der Waals surface area contributed by atoms with Crippen molar-refractivity contribution in [1.82, 2.24) is 5.32 Å². The predicted molar refractivity (Wildman–Crippen MR) is 93.2 cm³/mol. The highest BCUT2D eigenvalue weighted by Crippen LogP contribution is 2.48. The molecule has 2 aromatic carbocycles. The number of rotatable bonds is 5. The third-order valence-electron chi connectivity index (χ3n) is 4.19. The van der Waals surface area contributed by atoms with Crippen LogP contribution in [0.1, 0.15) is 24.0 Å². The number of carbonyl (C=O) groups is 1.